The summed E-state index contributed by atoms with van der Waals surface area (Å²) in [5.74, 6) is -1.86. The molecule has 8 heteroatoms. The summed E-state index contributed by atoms with van der Waals surface area (Å²) in [5, 5.41) is 23.3. The molecule has 140 valence electrons. The average Bonchev–Trinajstić information content (AvgIpc) is 2.65. The van der Waals surface area contributed by atoms with Gasteiger partial charge in [0.1, 0.15) is 0 Å². The zero-order valence-corrected chi connectivity index (χ0v) is 14.3. The van der Waals surface area contributed by atoms with E-state index in [0.29, 0.717) is 11.4 Å². The SMILES string of the molecule is C1CNCCN1.Nc1ccc(C(=O)O)cc1.Nc1ccc(C(=O)O)cc1. The van der Waals surface area contributed by atoms with Gasteiger partial charge < -0.3 is 32.3 Å². The van der Waals surface area contributed by atoms with Crippen LogP contribution in [0.25, 0.3) is 0 Å². The molecular weight excluding hydrogens is 336 g/mol. The number of nitrogens with one attached hydrogen (secondary N) is 2. The Morgan fingerprint density at radius 3 is 1.12 bits per heavy atom. The van der Waals surface area contributed by atoms with Crippen LogP contribution in [-0.2, 0) is 0 Å². The molecule has 0 saturated carbocycles. The number of nitrogen functional groups attached to an aromatic ring is 2. The van der Waals surface area contributed by atoms with Gasteiger partial charge in [0.25, 0.3) is 0 Å². The Hall–Kier alpha value is -3.10. The Morgan fingerprint density at radius 1 is 0.654 bits per heavy atom. The van der Waals surface area contributed by atoms with Crippen LogP contribution in [-0.4, -0.2) is 48.3 Å². The minimum absolute atomic E-state index is 0.259. The van der Waals surface area contributed by atoms with Gasteiger partial charge in [-0.25, -0.2) is 9.59 Å². The van der Waals surface area contributed by atoms with Gasteiger partial charge in [0.2, 0.25) is 0 Å². The third kappa shape index (κ3) is 8.67. The summed E-state index contributed by atoms with van der Waals surface area (Å²) in [6, 6.07) is 12.1. The van der Waals surface area contributed by atoms with Gasteiger partial charge in [-0.3, -0.25) is 0 Å². The van der Waals surface area contributed by atoms with Gasteiger partial charge in [0.05, 0.1) is 11.1 Å². The minimum atomic E-state index is -0.931. The zero-order valence-electron chi connectivity index (χ0n) is 14.3. The highest BCUT2D eigenvalue weighted by Gasteiger charge is 1.99. The number of hydrogen-bond acceptors (Lipinski definition) is 6. The second-order valence-electron chi connectivity index (χ2n) is 5.35. The summed E-state index contributed by atoms with van der Waals surface area (Å²) in [6.45, 7) is 4.56. The molecule has 0 bridgehead atoms. The standard InChI is InChI=1S/2C7H7NO2.C4H10N2/c2*8-6-3-1-5(2-4-6)7(9)10;1-2-6-4-3-5-1/h2*1-4H,8H2,(H,9,10);5-6H,1-4H2. The van der Waals surface area contributed by atoms with Gasteiger partial charge in [-0.05, 0) is 48.5 Å². The largest absolute Gasteiger partial charge is 0.478 e. The van der Waals surface area contributed by atoms with Crippen molar-refractivity contribution in [2.45, 2.75) is 0 Å². The second-order valence-corrected chi connectivity index (χ2v) is 5.35. The summed E-state index contributed by atoms with van der Waals surface area (Å²) in [5.41, 5.74) is 12.3. The van der Waals surface area contributed by atoms with Crippen molar-refractivity contribution in [2.24, 2.45) is 0 Å². The molecule has 0 radical (unpaired) electrons. The second kappa shape index (κ2) is 11.5. The van der Waals surface area contributed by atoms with E-state index in [9.17, 15) is 9.59 Å². The first-order valence-electron chi connectivity index (χ1n) is 7.99. The van der Waals surface area contributed by atoms with E-state index in [0.717, 1.165) is 26.2 Å². The number of piperazine rings is 1. The number of benzene rings is 2. The van der Waals surface area contributed by atoms with Crippen LogP contribution in [0, 0.1) is 0 Å². The van der Waals surface area contributed by atoms with Crippen LogP contribution in [0.4, 0.5) is 11.4 Å². The van der Waals surface area contributed by atoms with Gasteiger partial charge in [-0.2, -0.15) is 0 Å². The molecule has 26 heavy (non-hydrogen) atoms. The van der Waals surface area contributed by atoms with E-state index in [1.165, 1.54) is 24.3 Å². The van der Waals surface area contributed by atoms with Crippen LogP contribution in [0.15, 0.2) is 48.5 Å². The van der Waals surface area contributed by atoms with Crippen molar-refractivity contribution in [2.75, 3.05) is 37.6 Å². The summed E-state index contributed by atoms with van der Waals surface area (Å²) >= 11 is 0. The number of carboxylic acids is 2. The number of aromatic carboxylic acids is 2. The molecular formula is C18H24N4O4. The highest BCUT2D eigenvalue weighted by molar-refractivity contribution is 5.88. The zero-order chi connectivity index (χ0) is 19.4. The quantitative estimate of drug-likeness (QED) is 0.436. The lowest BCUT2D eigenvalue weighted by Gasteiger charge is -2.11. The molecule has 1 aliphatic rings. The molecule has 1 aliphatic heterocycles. The smallest absolute Gasteiger partial charge is 0.335 e. The minimum Gasteiger partial charge on any atom is -0.478 e. The Balaban J connectivity index is 0.000000201. The molecule has 2 aromatic rings. The lowest BCUT2D eigenvalue weighted by molar-refractivity contribution is 0.0686. The van der Waals surface area contributed by atoms with Gasteiger partial charge in [-0.15, -0.1) is 0 Å². The maximum absolute atomic E-state index is 10.3. The highest BCUT2D eigenvalue weighted by Crippen LogP contribution is 2.05. The first-order chi connectivity index (χ1) is 12.4. The molecule has 2 aromatic carbocycles. The van der Waals surface area contributed by atoms with E-state index in [1.54, 1.807) is 24.3 Å². The van der Waals surface area contributed by atoms with Crippen LogP contribution in [0.1, 0.15) is 20.7 Å². The van der Waals surface area contributed by atoms with E-state index >= 15 is 0 Å². The fraction of sp³-hybridized carbons (Fsp3) is 0.222. The Kier molecular flexibility index (Phi) is 9.23. The van der Waals surface area contributed by atoms with Crippen LogP contribution in [0.2, 0.25) is 0 Å². The molecule has 1 heterocycles. The van der Waals surface area contributed by atoms with Crippen molar-refractivity contribution in [1.82, 2.24) is 10.6 Å². The molecule has 3 rings (SSSR count). The van der Waals surface area contributed by atoms with Crippen LogP contribution < -0.4 is 22.1 Å². The van der Waals surface area contributed by atoms with E-state index in [-0.39, 0.29) is 11.1 Å². The molecule has 0 aliphatic carbocycles. The van der Waals surface area contributed by atoms with Crippen LogP contribution in [0.3, 0.4) is 0 Å². The van der Waals surface area contributed by atoms with Crippen LogP contribution >= 0.6 is 0 Å². The molecule has 0 amide bonds. The normalized spacial score (nSPS) is 12.6. The Labute approximate surface area is 151 Å². The number of nitrogens with two attached hydrogens (primary N) is 2. The van der Waals surface area contributed by atoms with E-state index in [1.807, 2.05) is 0 Å². The van der Waals surface area contributed by atoms with Gasteiger partial charge >= 0.3 is 11.9 Å². The Bertz CT molecular complexity index is 616. The number of rotatable bonds is 2. The third-order valence-corrected chi connectivity index (χ3v) is 3.27. The summed E-state index contributed by atoms with van der Waals surface area (Å²) in [7, 11) is 0. The van der Waals surface area contributed by atoms with E-state index in [4.69, 9.17) is 21.7 Å². The van der Waals surface area contributed by atoms with Crippen molar-refractivity contribution in [3.63, 3.8) is 0 Å². The molecule has 1 saturated heterocycles. The van der Waals surface area contributed by atoms with E-state index < -0.39 is 11.9 Å². The lowest BCUT2D eigenvalue weighted by Crippen LogP contribution is -2.39. The van der Waals surface area contributed by atoms with Gasteiger partial charge in [0, 0.05) is 37.6 Å². The first kappa shape index (κ1) is 20.9. The summed E-state index contributed by atoms with van der Waals surface area (Å²) in [6.07, 6.45) is 0. The fourth-order valence-electron chi connectivity index (χ4n) is 1.85. The molecule has 1 fully saturated rings. The van der Waals surface area contributed by atoms with Gasteiger partial charge in [-0.1, -0.05) is 0 Å². The van der Waals surface area contributed by atoms with Crippen molar-refractivity contribution < 1.29 is 19.8 Å². The first-order valence-corrected chi connectivity index (χ1v) is 7.99. The molecule has 8 nitrogen and oxygen atoms in total. The molecule has 0 spiro atoms. The molecule has 8 N–H and O–H groups in total. The third-order valence-electron chi connectivity index (χ3n) is 3.27. The summed E-state index contributed by atoms with van der Waals surface area (Å²) in [4.78, 5) is 20.5. The van der Waals surface area contributed by atoms with Crippen LogP contribution in [0.5, 0.6) is 0 Å². The fourth-order valence-corrected chi connectivity index (χ4v) is 1.85. The predicted octanol–water partition coefficient (Wildman–Crippen LogP) is 1.11. The average molecular weight is 360 g/mol. The predicted molar refractivity (Wildman–Crippen MR) is 101 cm³/mol. The molecule has 0 atom stereocenters. The van der Waals surface area contributed by atoms with Crippen molar-refractivity contribution in [3.8, 4) is 0 Å². The van der Waals surface area contributed by atoms with Crippen molar-refractivity contribution in [3.05, 3.63) is 59.7 Å². The number of carboxylic acid groups (broad SMARTS) is 2. The number of hydrogen-bond donors (Lipinski definition) is 6. The van der Waals surface area contributed by atoms with Gasteiger partial charge in [0.15, 0.2) is 0 Å². The lowest BCUT2D eigenvalue weighted by atomic mass is 10.2. The molecule has 0 aromatic heterocycles. The number of anilines is 2. The Morgan fingerprint density at radius 2 is 0.923 bits per heavy atom. The highest BCUT2D eigenvalue weighted by atomic mass is 16.4. The topological polar surface area (TPSA) is 151 Å². The maximum atomic E-state index is 10.3. The monoisotopic (exact) mass is 360 g/mol. The molecule has 0 unspecified atom stereocenters. The van der Waals surface area contributed by atoms with Crippen molar-refractivity contribution >= 4 is 23.3 Å². The number of carbonyl (C=O) groups is 2. The summed E-state index contributed by atoms with van der Waals surface area (Å²) < 4.78 is 0. The van der Waals surface area contributed by atoms with Crippen molar-refractivity contribution in [1.29, 1.82) is 0 Å². The van der Waals surface area contributed by atoms with E-state index in [2.05, 4.69) is 10.6 Å². The maximum Gasteiger partial charge on any atom is 0.335 e.